The quantitative estimate of drug-likeness (QED) is 0.0954. The number of nitrogens with zero attached hydrogens (tertiary/aromatic N) is 3. The summed E-state index contributed by atoms with van der Waals surface area (Å²) in [4.78, 5) is 60.9. The molecule has 1 aromatic carbocycles. The zero-order valence-electron chi connectivity index (χ0n) is 26.0. The number of aryl methyl sites for hydroxylation is 2. The molecule has 1 aliphatic heterocycles. The van der Waals surface area contributed by atoms with E-state index < -0.39 is 29.4 Å². The maximum absolute atomic E-state index is 14.3. The zero-order chi connectivity index (χ0) is 33.1. The largest absolute Gasteiger partial charge is 0.489 e. The number of unbranched alkanes of at least 4 members (excludes halogenated alkanes) is 1. The molecule has 1 unspecified atom stereocenters. The average Bonchev–Trinajstić information content (AvgIpc) is 3.36. The third kappa shape index (κ3) is 8.78. The van der Waals surface area contributed by atoms with Crippen molar-refractivity contribution in [3.05, 3.63) is 89.0 Å². The number of ether oxygens (including phenoxy) is 1. The van der Waals surface area contributed by atoms with Crippen molar-refractivity contribution in [2.24, 2.45) is 0 Å². The molecular formula is C33H40N6O7. The van der Waals surface area contributed by atoms with E-state index >= 15 is 0 Å². The number of hydrogen-bond donors (Lipinski definition) is 5. The fraction of sp³-hybridized carbons (Fsp3) is 0.394. The van der Waals surface area contributed by atoms with Crippen LogP contribution >= 0.6 is 0 Å². The molecule has 2 atom stereocenters. The Balaban J connectivity index is 1.54. The molecule has 46 heavy (non-hydrogen) atoms. The van der Waals surface area contributed by atoms with Crippen LogP contribution in [0, 0.1) is 13.8 Å². The van der Waals surface area contributed by atoms with Gasteiger partial charge in [0.15, 0.2) is 0 Å². The van der Waals surface area contributed by atoms with Gasteiger partial charge in [-0.2, -0.15) is 0 Å². The Bertz CT molecular complexity index is 1500. The molecule has 0 radical (unpaired) electrons. The van der Waals surface area contributed by atoms with Crippen LogP contribution in [0.2, 0.25) is 0 Å². The fourth-order valence-corrected chi connectivity index (χ4v) is 5.87. The molecule has 13 heteroatoms. The van der Waals surface area contributed by atoms with Crippen molar-refractivity contribution in [1.29, 1.82) is 0 Å². The summed E-state index contributed by atoms with van der Waals surface area (Å²) in [5.41, 5.74) is 4.63. The van der Waals surface area contributed by atoms with Crippen LogP contribution in [0.3, 0.4) is 0 Å². The highest BCUT2D eigenvalue weighted by molar-refractivity contribution is 5.98. The van der Waals surface area contributed by atoms with E-state index in [1.807, 2.05) is 26.0 Å². The van der Waals surface area contributed by atoms with E-state index in [-0.39, 0.29) is 44.8 Å². The van der Waals surface area contributed by atoms with E-state index in [0.29, 0.717) is 30.8 Å². The summed E-state index contributed by atoms with van der Waals surface area (Å²) < 4.78 is 6.00. The molecule has 1 fully saturated rings. The lowest BCUT2D eigenvalue weighted by molar-refractivity contribution is -0.145. The molecule has 0 aliphatic carbocycles. The maximum atomic E-state index is 14.3. The second-order valence-electron chi connectivity index (χ2n) is 11.4. The third-order valence-electron chi connectivity index (χ3n) is 8.07. The lowest BCUT2D eigenvalue weighted by atomic mass is 9.75. The molecule has 0 spiro atoms. The lowest BCUT2D eigenvalue weighted by Gasteiger charge is -2.31. The maximum Gasteiger partial charge on any atom is 0.404 e. The van der Waals surface area contributed by atoms with Crippen molar-refractivity contribution >= 4 is 23.8 Å². The number of hydroxylamine groups is 1. The Morgan fingerprint density at radius 1 is 1.00 bits per heavy atom. The van der Waals surface area contributed by atoms with Gasteiger partial charge < -0.3 is 25.4 Å². The van der Waals surface area contributed by atoms with E-state index in [1.54, 1.807) is 54.3 Å². The summed E-state index contributed by atoms with van der Waals surface area (Å²) in [6, 6.07) is 13.5. The predicted octanol–water partition coefficient (Wildman–Crippen LogP) is 3.16. The number of amides is 4. The number of nitrogens with one attached hydrogen (secondary N) is 3. The summed E-state index contributed by atoms with van der Waals surface area (Å²) in [5.74, 6) is -0.898. The molecule has 3 heterocycles. The van der Waals surface area contributed by atoms with Gasteiger partial charge in [0.05, 0.1) is 5.41 Å². The molecule has 5 N–H and O–H groups in total. The van der Waals surface area contributed by atoms with Gasteiger partial charge in [-0.1, -0.05) is 12.1 Å². The third-order valence-corrected chi connectivity index (χ3v) is 8.07. The van der Waals surface area contributed by atoms with Crippen LogP contribution in [0.5, 0.6) is 5.75 Å². The second-order valence-corrected chi connectivity index (χ2v) is 11.4. The van der Waals surface area contributed by atoms with Gasteiger partial charge in [-0.15, -0.1) is 0 Å². The minimum absolute atomic E-state index is 0.154. The molecule has 2 aromatic heterocycles. The van der Waals surface area contributed by atoms with Crippen molar-refractivity contribution in [3.8, 4) is 5.75 Å². The number of hydrogen-bond acceptors (Lipinski definition) is 8. The summed E-state index contributed by atoms with van der Waals surface area (Å²) >= 11 is 0. The Morgan fingerprint density at radius 2 is 1.70 bits per heavy atom. The fourth-order valence-electron chi connectivity index (χ4n) is 5.87. The van der Waals surface area contributed by atoms with Gasteiger partial charge in [0.25, 0.3) is 5.91 Å². The van der Waals surface area contributed by atoms with Gasteiger partial charge in [-0.3, -0.25) is 29.6 Å². The normalized spacial score (nSPS) is 16.5. The van der Waals surface area contributed by atoms with Crippen LogP contribution in [-0.4, -0.2) is 68.1 Å². The predicted molar refractivity (Wildman–Crippen MR) is 167 cm³/mol. The van der Waals surface area contributed by atoms with E-state index in [2.05, 4.69) is 20.6 Å². The highest BCUT2D eigenvalue weighted by atomic mass is 16.5. The Kier molecular flexibility index (Phi) is 11.6. The summed E-state index contributed by atoms with van der Waals surface area (Å²) in [6.45, 7) is 4.80. The molecule has 0 saturated carbocycles. The van der Waals surface area contributed by atoms with Gasteiger partial charge in [0.2, 0.25) is 11.8 Å². The van der Waals surface area contributed by atoms with Gasteiger partial charge in [0.1, 0.15) is 18.4 Å². The monoisotopic (exact) mass is 632 g/mol. The number of carbonyl (C=O) groups is 4. The minimum Gasteiger partial charge on any atom is -0.489 e. The van der Waals surface area contributed by atoms with Gasteiger partial charge in [-0.25, -0.2) is 10.3 Å². The smallest absolute Gasteiger partial charge is 0.404 e. The van der Waals surface area contributed by atoms with Crippen molar-refractivity contribution in [2.45, 2.75) is 70.6 Å². The number of carboxylic acid groups (broad SMARTS) is 1. The first-order valence-corrected chi connectivity index (χ1v) is 15.2. The first-order valence-electron chi connectivity index (χ1n) is 15.2. The SMILES string of the molecule is Cc1cc(COc2ccc(C3(CC(=O)NCc4ccncc4)CCN([C@H](CCCCNC(=O)O)C(=O)NO)C3=O)cc2)cc(C)n1. The van der Waals surface area contributed by atoms with Crippen molar-refractivity contribution in [2.75, 3.05) is 13.1 Å². The average molecular weight is 633 g/mol. The van der Waals surface area contributed by atoms with E-state index in [0.717, 1.165) is 22.5 Å². The van der Waals surface area contributed by atoms with Crippen LogP contribution < -0.4 is 20.9 Å². The van der Waals surface area contributed by atoms with Gasteiger partial charge in [-0.05, 0) is 92.6 Å². The van der Waals surface area contributed by atoms with Crippen molar-refractivity contribution < 1.29 is 34.2 Å². The molecule has 4 amide bonds. The second kappa shape index (κ2) is 15.8. The highest BCUT2D eigenvalue weighted by Crippen LogP contribution is 2.41. The van der Waals surface area contributed by atoms with Crippen LogP contribution in [0.1, 0.15) is 60.2 Å². The molecule has 13 nitrogen and oxygen atoms in total. The lowest BCUT2D eigenvalue weighted by Crippen LogP contribution is -2.50. The molecule has 1 saturated heterocycles. The Labute approximate surface area is 267 Å². The van der Waals surface area contributed by atoms with Gasteiger partial charge in [0, 0.05) is 49.8 Å². The number of aromatic nitrogens is 2. The van der Waals surface area contributed by atoms with Crippen molar-refractivity contribution in [3.63, 3.8) is 0 Å². The number of rotatable bonds is 15. The topological polar surface area (TPSA) is 183 Å². The first kappa shape index (κ1) is 33.8. The number of pyridine rings is 2. The number of carbonyl (C=O) groups excluding carboxylic acids is 3. The summed E-state index contributed by atoms with van der Waals surface area (Å²) in [7, 11) is 0. The standard InChI is InChI=1S/C33H40N6O7/c1-22-17-25(18-23(2)37-22)21-46-27-8-6-26(7-9-27)33(19-29(40)36-20-24-10-14-34-15-11-24)12-16-39(31(33)42)28(30(41)38-45)5-3-4-13-35-32(43)44/h6-11,14-15,17-18,28,35,45H,3-5,12-13,16,19-21H2,1-2H3,(H,36,40)(H,38,41)(H,43,44)/t28-,33?/m1/s1. The molecule has 244 valence electrons. The molecule has 0 bridgehead atoms. The summed E-state index contributed by atoms with van der Waals surface area (Å²) in [6.07, 6.45) is 3.28. The van der Waals surface area contributed by atoms with Crippen LogP contribution in [0.4, 0.5) is 4.79 Å². The highest BCUT2D eigenvalue weighted by Gasteiger charge is 2.51. The number of likely N-dealkylation sites (tertiary alicyclic amines) is 1. The van der Waals surface area contributed by atoms with Crippen molar-refractivity contribution in [1.82, 2.24) is 31.0 Å². The zero-order valence-corrected chi connectivity index (χ0v) is 26.0. The minimum atomic E-state index is -1.26. The first-order chi connectivity index (χ1) is 22.1. The van der Waals surface area contributed by atoms with Crippen LogP contribution in [0.15, 0.2) is 60.9 Å². The molecule has 1 aliphatic rings. The molecular weight excluding hydrogens is 592 g/mol. The summed E-state index contributed by atoms with van der Waals surface area (Å²) in [5, 5.41) is 23.5. The Morgan fingerprint density at radius 3 is 2.35 bits per heavy atom. The number of benzene rings is 1. The van der Waals surface area contributed by atoms with E-state index in [4.69, 9.17) is 9.84 Å². The van der Waals surface area contributed by atoms with Crippen LogP contribution in [0.25, 0.3) is 0 Å². The Hall–Kier alpha value is -5.04. The van der Waals surface area contributed by atoms with Crippen LogP contribution in [-0.2, 0) is 33.0 Å². The molecule has 3 aromatic rings. The molecule has 4 rings (SSSR count). The van der Waals surface area contributed by atoms with Gasteiger partial charge >= 0.3 is 6.09 Å². The van der Waals surface area contributed by atoms with E-state index in [1.165, 1.54) is 4.90 Å². The van der Waals surface area contributed by atoms with E-state index in [9.17, 15) is 24.4 Å².